The van der Waals surface area contributed by atoms with E-state index in [2.05, 4.69) is 9.88 Å². The fraction of sp³-hybridized carbons (Fsp3) is 0.450. The number of halogens is 4. The number of sulfonamides is 1. The number of hydrogen-bond donors (Lipinski definition) is 1. The minimum Gasteiger partial charge on any atom is -0.369 e. The van der Waals surface area contributed by atoms with E-state index in [4.69, 9.17) is 11.6 Å². The van der Waals surface area contributed by atoms with Gasteiger partial charge in [0.1, 0.15) is 16.7 Å². The van der Waals surface area contributed by atoms with Crippen LogP contribution < -0.4 is 9.62 Å². The highest BCUT2D eigenvalue weighted by molar-refractivity contribution is 7.92. The van der Waals surface area contributed by atoms with Gasteiger partial charge in [0.05, 0.1) is 5.69 Å². The molecule has 1 aliphatic carbocycles. The van der Waals surface area contributed by atoms with Crippen LogP contribution in [0.15, 0.2) is 29.2 Å². The highest BCUT2D eigenvalue weighted by atomic mass is 35.5. The van der Waals surface area contributed by atoms with Gasteiger partial charge in [-0.1, -0.05) is 17.7 Å². The molecule has 6 nitrogen and oxygen atoms in total. The summed E-state index contributed by atoms with van der Waals surface area (Å²) in [4.78, 5) is 6.02. The van der Waals surface area contributed by atoms with Gasteiger partial charge >= 0.3 is 0 Å². The maximum absolute atomic E-state index is 14.9. The molecule has 2 aromatic rings. The maximum Gasteiger partial charge on any atom is 0.268 e. The van der Waals surface area contributed by atoms with Crippen molar-refractivity contribution in [2.75, 3.05) is 43.4 Å². The summed E-state index contributed by atoms with van der Waals surface area (Å²) in [6.45, 7) is 2.17. The Morgan fingerprint density at radius 2 is 2.00 bits per heavy atom. The van der Waals surface area contributed by atoms with Gasteiger partial charge in [-0.15, -0.1) is 0 Å². The monoisotopic (exact) mass is 474 g/mol. The molecule has 1 atom stereocenters. The van der Waals surface area contributed by atoms with Crippen molar-refractivity contribution in [2.24, 2.45) is 11.3 Å². The van der Waals surface area contributed by atoms with Gasteiger partial charge in [0, 0.05) is 31.1 Å². The lowest BCUT2D eigenvalue weighted by Crippen LogP contribution is -2.66. The fourth-order valence-electron chi connectivity index (χ4n) is 4.48. The largest absolute Gasteiger partial charge is 0.369 e. The molecule has 4 rings (SSSR count). The van der Waals surface area contributed by atoms with Crippen LogP contribution in [0.3, 0.4) is 0 Å². The summed E-state index contributed by atoms with van der Waals surface area (Å²) < 4.78 is 69.9. The number of pyridine rings is 1. The number of anilines is 2. The van der Waals surface area contributed by atoms with E-state index >= 15 is 0 Å². The van der Waals surface area contributed by atoms with Crippen LogP contribution in [-0.2, 0) is 10.0 Å². The molecule has 168 valence electrons. The topological polar surface area (TPSA) is 65.5 Å². The number of nitrogens with one attached hydrogen (secondary N) is 1. The molecule has 1 unspecified atom stereocenters. The first-order chi connectivity index (χ1) is 14.5. The molecule has 1 spiro atoms. The van der Waals surface area contributed by atoms with Crippen molar-refractivity contribution in [3.8, 4) is 0 Å². The number of aromatic nitrogens is 1. The summed E-state index contributed by atoms with van der Waals surface area (Å²) in [7, 11) is -0.700. The smallest absolute Gasteiger partial charge is 0.268 e. The van der Waals surface area contributed by atoms with Gasteiger partial charge in [-0.2, -0.15) is 4.39 Å². The molecule has 2 fully saturated rings. The third-order valence-corrected chi connectivity index (χ3v) is 7.86. The zero-order chi connectivity index (χ0) is 22.6. The van der Waals surface area contributed by atoms with Gasteiger partial charge in [0.15, 0.2) is 10.7 Å². The van der Waals surface area contributed by atoms with Crippen LogP contribution in [0, 0.1) is 28.9 Å². The van der Waals surface area contributed by atoms with E-state index in [1.54, 1.807) is 4.90 Å². The van der Waals surface area contributed by atoms with E-state index < -0.39 is 43.3 Å². The van der Waals surface area contributed by atoms with Gasteiger partial charge in [-0.05, 0) is 45.0 Å². The average Bonchev–Trinajstić information content (AvgIpc) is 2.61. The molecule has 0 bridgehead atoms. The second kappa shape index (κ2) is 7.83. The molecule has 1 N–H and O–H groups in total. The van der Waals surface area contributed by atoms with E-state index in [9.17, 15) is 21.6 Å². The summed E-state index contributed by atoms with van der Waals surface area (Å²) >= 11 is 6.13. The molecule has 1 aromatic carbocycles. The number of rotatable bonds is 6. The van der Waals surface area contributed by atoms with Crippen LogP contribution in [0.5, 0.6) is 0 Å². The first-order valence-electron chi connectivity index (χ1n) is 9.75. The Labute approximate surface area is 184 Å². The van der Waals surface area contributed by atoms with Crippen molar-refractivity contribution < 1.29 is 21.6 Å². The van der Waals surface area contributed by atoms with Gasteiger partial charge in [-0.25, -0.2) is 22.2 Å². The lowest BCUT2D eigenvalue weighted by molar-refractivity contribution is -0.0150. The molecule has 1 saturated heterocycles. The van der Waals surface area contributed by atoms with Crippen LogP contribution in [0.4, 0.5) is 24.7 Å². The fourth-order valence-corrected chi connectivity index (χ4v) is 5.95. The molecular weight excluding hydrogens is 453 g/mol. The predicted octanol–water partition coefficient (Wildman–Crippen LogP) is 3.73. The zero-order valence-electron chi connectivity index (χ0n) is 17.0. The van der Waals surface area contributed by atoms with E-state index in [1.165, 1.54) is 6.07 Å². The normalized spacial score (nSPS) is 20.0. The Balaban J connectivity index is 1.58. The lowest BCUT2D eigenvalue weighted by atomic mass is 9.55. The standard InChI is InChI=1S/C20H22ClF3N4O2S/c1-27(2)9-12-6-7-20(12)10-28(11-20)14-8-13(22)19(18(24)17(14)21)31(29,30)26-16-5-3-4-15(23)25-16/h3-5,8,12H,6-7,9-11H2,1-2H3,(H,25,26). The Bertz CT molecular complexity index is 1120. The van der Waals surface area contributed by atoms with Gasteiger partial charge in [0.2, 0.25) is 5.95 Å². The van der Waals surface area contributed by atoms with Crippen molar-refractivity contribution >= 4 is 33.1 Å². The molecule has 1 aromatic heterocycles. The average molecular weight is 475 g/mol. The van der Waals surface area contributed by atoms with E-state index in [0.29, 0.717) is 19.0 Å². The van der Waals surface area contributed by atoms with Gasteiger partial charge < -0.3 is 9.80 Å². The highest BCUT2D eigenvalue weighted by Gasteiger charge is 2.55. The highest BCUT2D eigenvalue weighted by Crippen LogP contribution is 2.55. The molecule has 1 aliphatic heterocycles. The first-order valence-corrected chi connectivity index (χ1v) is 11.6. The molecule has 11 heteroatoms. The van der Waals surface area contributed by atoms with Crippen LogP contribution in [0.25, 0.3) is 0 Å². The number of nitrogens with zero attached hydrogens (tertiary/aromatic N) is 3. The molecule has 31 heavy (non-hydrogen) atoms. The summed E-state index contributed by atoms with van der Waals surface area (Å²) in [5, 5.41) is -0.465. The van der Waals surface area contributed by atoms with Gasteiger partial charge in [-0.3, -0.25) is 4.72 Å². The van der Waals surface area contributed by atoms with Crippen LogP contribution in [-0.4, -0.2) is 52.0 Å². The summed E-state index contributed by atoms with van der Waals surface area (Å²) in [5.41, 5.74) is 0.233. The molecule has 0 radical (unpaired) electrons. The van der Waals surface area contributed by atoms with Crippen molar-refractivity contribution in [3.63, 3.8) is 0 Å². The molecule has 1 saturated carbocycles. The Hall–Kier alpha value is -2.04. The maximum atomic E-state index is 14.9. The second-order valence-electron chi connectivity index (χ2n) is 8.50. The summed E-state index contributed by atoms with van der Waals surface area (Å²) in [6, 6.07) is 4.32. The molecule has 2 heterocycles. The predicted molar refractivity (Wildman–Crippen MR) is 112 cm³/mol. The van der Waals surface area contributed by atoms with Crippen LogP contribution in [0.2, 0.25) is 5.02 Å². The third-order valence-electron chi connectivity index (χ3n) is 6.11. The summed E-state index contributed by atoms with van der Waals surface area (Å²) in [5.74, 6) is -3.50. The quantitative estimate of drug-likeness (QED) is 0.510. The van der Waals surface area contributed by atoms with E-state index in [1.807, 2.05) is 18.8 Å². The summed E-state index contributed by atoms with van der Waals surface area (Å²) in [6.07, 6.45) is 2.15. The lowest BCUT2D eigenvalue weighted by Gasteiger charge is -2.62. The van der Waals surface area contributed by atoms with Gasteiger partial charge in [0.25, 0.3) is 10.0 Å². The Morgan fingerprint density at radius 3 is 2.58 bits per heavy atom. The minimum atomic E-state index is -4.72. The molecule has 0 amide bonds. The minimum absolute atomic E-state index is 0.107. The van der Waals surface area contributed by atoms with Crippen LogP contribution >= 0.6 is 11.6 Å². The van der Waals surface area contributed by atoms with Crippen molar-refractivity contribution in [1.82, 2.24) is 9.88 Å². The first kappa shape index (κ1) is 22.2. The Kier molecular flexibility index (Phi) is 5.60. The zero-order valence-corrected chi connectivity index (χ0v) is 18.6. The third kappa shape index (κ3) is 3.96. The van der Waals surface area contributed by atoms with E-state index in [-0.39, 0.29) is 11.1 Å². The number of hydrogen-bond acceptors (Lipinski definition) is 5. The SMILES string of the molecule is CN(C)CC1CCC12CN(c1cc(F)c(S(=O)(=O)Nc3cccc(F)n3)c(F)c1Cl)C2. The Morgan fingerprint density at radius 1 is 1.29 bits per heavy atom. The van der Waals surface area contributed by atoms with Crippen molar-refractivity contribution in [3.05, 3.63) is 46.9 Å². The van der Waals surface area contributed by atoms with Crippen molar-refractivity contribution in [1.29, 1.82) is 0 Å². The molecular formula is C20H22ClF3N4O2S. The molecule has 2 aliphatic rings. The van der Waals surface area contributed by atoms with Crippen LogP contribution in [0.1, 0.15) is 12.8 Å². The number of benzene rings is 1. The van der Waals surface area contributed by atoms with E-state index in [0.717, 1.165) is 37.6 Å². The second-order valence-corrected chi connectivity index (χ2v) is 10.5. The van der Waals surface area contributed by atoms with Crippen molar-refractivity contribution in [2.45, 2.75) is 17.7 Å².